The van der Waals surface area contributed by atoms with Gasteiger partial charge in [0.1, 0.15) is 0 Å². The summed E-state index contributed by atoms with van der Waals surface area (Å²) in [5.74, 6) is 3.87. The fourth-order valence-electron chi connectivity index (χ4n) is 6.17. The first kappa shape index (κ1) is 16.8. The highest BCUT2D eigenvalue weighted by Crippen LogP contribution is 2.48. The predicted molar refractivity (Wildman–Crippen MR) is 93.8 cm³/mol. The maximum absolute atomic E-state index is 11.2. The number of aliphatic hydroxyl groups excluding tert-OH is 1. The molecule has 0 spiro atoms. The van der Waals surface area contributed by atoms with Gasteiger partial charge in [0.25, 0.3) is 0 Å². The molecule has 1 N–H and O–H groups in total. The molecule has 3 aliphatic carbocycles. The normalized spacial score (nSPS) is 39.0. The third-order valence-corrected chi connectivity index (χ3v) is 7.30. The van der Waals surface area contributed by atoms with E-state index in [-0.39, 0.29) is 6.10 Å². The number of rotatable bonds is 4. The van der Waals surface area contributed by atoms with Gasteiger partial charge in [0.2, 0.25) is 0 Å². The van der Waals surface area contributed by atoms with Crippen molar-refractivity contribution in [3.05, 3.63) is 0 Å². The SMILES string of the molecule is CCCC1CC(C2CCCCC2)C(O)C(C2CCCCC2)C1. The summed E-state index contributed by atoms with van der Waals surface area (Å²) in [6.45, 7) is 2.34. The van der Waals surface area contributed by atoms with E-state index in [2.05, 4.69) is 6.92 Å². The zero-order chi connectivity index (χ0) is 15.4. The van der Waals surface area contributed by atoms with E-state index in [0.717, 1.165) is 17.8 Å². The maximum atomic E-state index is 11.2. The van der Waals surface area contributed by atoms with Gasteiger partial charge in [-0.05, 0) is 42.4 Å². The van der Waals surface area contributed by atoms with Crippen molar-refractivity contribution in [1.29, 1.82) is 0 Å². The Kier molecular flexibility index (Phi) is 6.24. The van der Waals surface area contributed by atoms with Crippen LogP contribution in [-0.4, -0.2) is 11.2 Å². The quantitative estimate of drug-likeness (QED) is 0.680. The van der Waals surface area contributed by atoms with Gasteiger partial charge in [0.15, 0.2) is 0 Å². The van der Waals surface area contributed by atoms with Gasteiger partial charge in [-0.25, -0.2) is 0 Å². The van der Waals surface area contributed by atoms with Crippen molar-refractivity contribution in [2.75, 3.05) is 0 Å². The molecule has 0 heterocycles. The van der Waals surface area contributed by atoms with E-state index in [1.165, 1.54) is 89.9 Å². The zero-order valence-electron chi connectivity index (χ0n) is 14.8. The Morgan fingerprint density at radius 2 is 1.18 bits per heavy atom. The van der Waals surface area contributed by atoms with Gasteiger partial charge in [0, 0.05) is 0 Å². The Labute approximate surface area is 138 Å². The Morgan fingerprint density at radius 3 is 1.59 bits per heavy atom. The molecule has 0 saturated heterocycles. The second-order valence-electron chi connectivity index (χ2n) is 8.74. The van der Waals surface area contributed by atoms with Crippen LogP contribution >= 0.6 is 0 Å². The number of hydrogen-bond acceptors (Lipinski definition) is 1. The molecule has 0 aromatic carbocycles. The Morgan fingerprint density at radius 1 is 0.727 bits per heavy atom. The van der Waals surface area contributed by atoms with E-state index in [1.807, 2.05) is 0 Å². The smallest absolute Gasteiger partial charge is 0.0602 e. The van der Waals surface area contributed by atoms with Crippen LogP contribution in [0.25, 0.3) is 0 Å². The minimum Gasteiger partial charge on any atom is -0.393 e. The molecule has 3 fully saturated rings. The van der Waals surface area contributed by atoms with E-state index in [4.69, 9.17) is 0 Å². The lowest BCUT2D eigenvalue weighted by Crippen LogP contribution is -2.44. The molecule has 0 radical (unpaired) electrons. The van der Waals surface area contributed by atoms with Crippen molar-refractivity contribution < 1.29 is 5.11 Å². The van der Waals surface area contributed by atoms with Gasteiger partial charge < -0.3 is 5.11 Å². The molecular weight excluding hydrogens is 268 g/mol. The van der Waals surface area contributed by atoms with Crippen LogP contribution in [-0.2, 0) is 0 Å². The molecule has 1 heteroatoms. The lowest BCUT2D eigenvalue weighted by molar-refractivity contribution is -0.0631. The van der Waals surface area contributed by atoms with E-state index in [1.54, 1.807) is 0 Å². The number of hydrogen-bond donors (Lipinski definition) is 1. The Hall–Kier alpha value is -0.0400. The summed E-state index contributed by atoms with van der Waals surface area (Å²) in [5, 5.41) is 11.2. The summed E-state index contributed by atoms with van der Waals surface area (Å²) < 4.78 is 0. The van der Waals surface area contributed by atoms with Crippen molar-refractivity contribution in [1.82, 2.24) is 0 Å². The molecule has 2 atom stereocenters. The van der Waals surface area contributed by atoms with Crippen LogP contribution in [0.1, 0.15) is 96.8 Å². The highest BCUT2D eigenvalue weighted by molar-refractivity contribution is 4.93. The minimum atomic E-state index is 0.0271. The molecule has 3 saturated carbocycles. The predicted octanol–water partition coefficient (Wildman–Crippen LogP) is 5.95. The van der Waals surface area contributed by atoms with Crippen molar-refractivity contribution in [3.8, 4) is 0 Å². The number of aliphatic hydroxyl groups is 1. The van der Waals surface area contributed by atoms with Gasteiger partial charge in [0.05, 0.1) is 6.10 Å². The van der Waals surface area contributed by atoms with E-state index in [9.17, 15) is 5.11 Å². The van der Waals surface area contributed by atoms with E-state index < -0.39 is 0 Å². The molecule has 1 nitrogen and oxygen atoms in total. The summed E-state index contributed by atoms with van der Waals surface area (Å²) in [6, 6.07) is 0. The van der Waals surface area contributed by atoms with Crippen LogP contribution in [0, 0.1) is 29.6 Å². The summed E-state index contributed by atoms with van der Waals surface area (Å²) in [5.41, 5.74) is 0. The average Bonchev–Trinajstić information content (AvgIpc) is 2.58. The van der Waals surface area contributed by atoms with Gasteiger partial charge in [-0.1, -0.05) is 84.0 Å². The summed E-state index contributed by atoms with van der Waals surface area (Å²) in [7, 11) is 0. The summed E-state index contributed by atoms with van der Waals surface area (Å²) in [6.07, 6.45) is 19.6. The lowest BCUT2D eigenvalue weighted by Gasteiger charge is -2.47. The van der Waals surface area contributed by atoms with Crippen LogP contribution < -0.4 is 0 Å². The molecule has 0 amide bonds. The first-order valence-electron chi connectivity index (χ1n) is 10.5. The lowest BCUT2D eigenvalue weighted by atomic mass is 9.60. The molecule has 3 aliphatic rings. The van der Waals surface area contributed by atoms with Crippen molar-refractivity contribution in [2.24, 2.45) is 29.6 Å². The summed E-state index contributed by atoms with van der Waals surface area (Å²) >= 11 is 0. The van der Waals surface area contributed by atoms with E-state index >= 15 is 0 Å². The van der Waals surface area contributed by atoms with Crippen molar-refractivity contribution >= 4 is 0 Å². The first-order valence-corrected chi connectivity index (χ1v) is 10.5. The first-order chi connectivity index (χ1) is 10.8. The Bertz CT molecular complexity index is 286. The molecule has 0 aliphatic heterocycles. The maximum Gasteiger partial charge on any atom is 0.0602 e. The van der Waals surface area contributed by atoms with Gasteiger partial charge in [-0.2, -0.15) is 0 Å². The van der Waals surface area contributed by atoms with Crippen LogP contribution in [0.2, 0.25) is 0 Å². The largest absolute Gasteiger partial charge is 0.393 e. The summed E-state index contributed by atoms with van der Waals surface area (Å²) in [4.78, 5) is 0. The zero-order valence-corrected chi connectivity index (χ0v) is 14.8. The molecule has 3 rings (SSSR count). The molecule has 0 aromatic heterocycles. The van der Waals surface area contributed by atoms with Crippen LogP contribution in [0.15, 0.2) is 0 Å². The average molecular weight is 307 g/mol. The monoisotopic (exact) mass is 306 g/mol. The third kappa shape index (κ3) is 3.89. The molecule has 0 bridgehead atoms. The topological polar surface area (TPSA) is 20.2 Å². The highest BCUT2D eigenvalue weighted by Gasteiger charge is 2.43. The minimum absolute atomic E-state index is 0.0271. The van der Waals surface area contributed by atoms with Crippen LogP contribution in [0.4, 0.5) is 0 Å². The van der Waals surface area contributed by atoms with Gasteiger partial charge >= 0.3 is 0 Å². The fraction of sp³-hybridized carbons (Fsp3) is 1.00. The molecule has 22 heavy (non-hydrogen) atoms. The second kappa shape index (κ2) is 8.18. The Balaban J connectivity index is 1.70. The van der Waals surface area contributed by atoms with Crippen LogP contribution in [0.3, 0.4) is 0 Å². The molecule has 2 unspecified atom stereocenters. The van der Waals surface area contributed by atoms with Gasteiger partial charge in [-0.3, -0.25) is 0 Å². The van der Waals surface area contributed by atoms with E-state index in [0.29, 0.717) is 11.8 Å². The standard InChI is InChI=1S/C21H38O/c1-2-9-16-14-19(17-10-5-3-6-11-17)21(22)20(15-16)18-12-7-4-8-13-18/h16-22H,2-15H2,1H3. The molecule has 0 aromatic rings. The molecular formula is C21H38O. The van der Waals surface area contributed by atoms with Crippen LogP contribution in [0.5, 0.6) is 0 Å². The third-order valence-electron chi connectivity index (χ3n) is 7.30. The fourth-order valence-corrected chi connectivity index (χ4v) is 6.17. The molecule has 128 valence electrons. The highest BCUT2D eigenvalue weighted by atomic mass is 16.3. The van der Waals surface area contributed by atoms with Crippen molar-refractivity contribution in [3.63, 3.8) is 0 Å². The van der Waals surface area contributed by atoms with Gasteiger partial charge in [-0.15, -0.1) is 0 Å². The van der Waals surface area contributed by atoms with Crippen molar-refractivity contribution in [2.45, 2.75) is 103 Å². The second-order valence-corrected chi connectivity index (χ2v) is 8.74.